The van der Waals surface area contributed by atoms with Crippen LogP contribution in [0, 0.1) is 5.92 Å². The summed E-state index contributed by atoms with van der Waals surface area (Å²) < 4.78 is 4.97. The molecule has 28 heavy (non-hydrogen) atoms. The van der Waals surface area contributed by atoms with E-state index in [1.165, 1.54) is 19.2 Å². The normalized spacial score (nSPS) is 12.3. The molecule has 0 aliphatic carbocycles. The molecule has 0 aliphatic heterocycles. The molecule has 11 heteroatoms. The summed E-state index contributed by atoms with van der Waals surface area (Å²) in [6.07, 6.45) is 0. The number of H-pyrrole nitrogens is 1. The van der Waals surface area contributed by atoms with E-state index in [0.717, 1.165) is 0 Å². The van der Waals surface area contributed by atoms with Gasteiger partial charge in [-0.15, -0.1) is 5.10 Å². The molecule has 11 nitrogen and oxygen atoms in total. The molecule has 0 amide bonds. The molecular weight excluding hydrogens is 366 g/mol. The molecule has 0 bridgehead atoms. The van der Waals surface area contributed by atoms with Gasteiger partial charge in [0.15, 0.2) is 28.5 Å². The molecule has 1 atom stereocenters. The van der Waals surface area contributed by atoms with Gasteiger partial charge in [0.2, 0.25) is 5.95 Å². The minimum Gasteiger partial charge on any atom is -0.507 e. The lowest BCUT2D eigenvalue weighted by molar-refractivity contribution is 0.248. The molecule has 1 aromatic carbocycles. The summed E-state index contributed by atoms with van der Waals surface area (Å²) in [5.41, 5.74) is 1.29. The monoisotopic (exact) mass is 389 g/mol. The maximum Gasteiger partial charge on any atom is 0.227 e. The van der Waals surface area contributed by atoms with Gasteiger partial charge in [0.1, 0.15) is 5.75 Å². The van der Waals surface area contributed by atoms with E-state index in [-0.39, 0.29) is 42.4 Å². The van der Waals surface area contributed by atoms with Crippen LogP contribution in [0.5, 0.6) is 17.2 Å². The van der Waals surface area contributed by atoms with E-state index < -0.39 is 0 Å². The van der Waals surface area contributed by atoms with Crippen LogP contribution in [0.1, 0.15) is 19.4 Å². The lowest BCUT2D eigenvalue weighted by atomic mass is 10.1. The Bertz CT molecular complexity index is 960. The van der Waals surface area contributed by atoms with E-state index in [1.54, 1.807) is 0 Å². The second-order valence-electron chi connectivity index (χ2n) is 6.59. The van der Waals surface area contributed by atoms with Crippen molar-refractivity contribution < 1.29 is 20.1 Å². The number of phenolic OH excluding ortho intramolecular Hbond substituents is 2. The molecule has 6 N–H and O–H groups in total. The van der Waals surface area contributed by atoms with Crippen molar-refractivity contribution in [1.29, 1.82) is 0 Å². The van der Waals surface area contributed by atoms with Crippen LogP contribution in [0.3, 0.4) is 0 Å². The number of nitrogens with one attached hydrogen (secondary N) is 3. The predicted octanol–water partition coefficient (Wildman–Crippen LogP) is 1.21. The van der Waals surface area contributed by atoms with Gasteiger partial charge in [-0.1, -0.05) is 19.1 Å². The number of hydrogen-bond acceptors (Lipinski definition) is 10. The number of benzene rings is 1. The fourth-order valence-electron chi connectivity index (χ4n) is 2.61. The van der Waals surface area contributed by atoms with Crippen LogP contribution in [0.15, 0.2) is 12.1 Å². The highest BCUT2D eigenvalue weighted by Gasteiger charge is 2.17. The van der Waals surface area contributed by atoms with Gasteiger partial charge >= 0.3 is 0 Å². The summed E-state index contributed by atoms with van der Waals surface area (Å²) >= 11 is 0. The minimum atomic E-state index is -0.219. The fraction of sp³-hybridized carbons (Fsp3) is 0.412. The average molecular weight is 389 g/mol. The SMILES string of the molecule is COc1cc(O)c(CNc2nc(NC(CO)C(C)C)nc3[nH]nnc23)cc1O. The first-order valence-corrected chi connectivity index (χ1v) is 8.71. The third kappa shape index (κ3) is 3.98. The number of ether oxygens (including phenoxy) is 1. The summed E-state index contributed by atoms with van der Waals surface area (Å²) in [5.74, 6) is 0.909. The summed E-state index contributed by atoms with van der Waals surface area (Å²) in [7, 11) is 1.40. The van der Waals surface area contributed by atoms with Gasteiger partial charge in [0.05, 0.1) is 19.8 Å². The summed E-state index contributed by atoms with van der Waals surface area (Å²) in [6.45, 7) is 4.04. The first kappa shape index (κ1) is 19.4. The molecule has 3 aromatic rings. The van der Waals surface area contributed by atoms with Crippen molar-refractivity contribution in [1.82, 2.24) is 25.4 Å². The van der Waals surface area contributed by atoms with Gasteiger partial charge in [0, 0.05) is 18.2 Å². The Hall–Kier alpha value is -3.34. The molecule has 0 spiro atoms. The summed E-state index contributed by atoms with van der Waals surface area (Å²) in [6, 6.07) is 2.52. The van der Waals surface area contributed by atoms with Crippen LogP contribution < -0.4 is 15.4 Å². The number of anilines is 2. The largest absolute Gasteiger partial charge is 0.507 e. The van der Waals surface area contributed by atoms with Gasteiger partial charge in [-0.3, -0.25) is 0 Å². The first-order valence-electron chi connectivity index (χ1n) is 8.71. The number of aliphatic hydroxyl groups excluding tert-OH is 1. The van der Waals surface area contributed by atoms with E-state index in [1.807, 2.05) is 13.8 Å². The Kier molecular flexibility index (Phi) is 5.64. The molecule has 1 unspecified atom stereocenters. The van der Waals surface area contributed by atoms with Crippen molar-refractivity contribution in [3.63, 3.8) is 0 Å². The maximum atomic E-state index is 10.1. The average Bonchev–Trinajstić information content (AvgIpc) is 3.14. The first-order chi connectivity index (χ1) is 13.4. The zero-order valence-corrected chi connectivity index (χ0v) is 15.8. The highest BCUT2D eigenvalue weighted by Crippen LogP contribution is 2.33. The predicted molar refractivity (Wildman–Crippen MR) is 102 cm³/mol. The molecule has 0 saturated heterocycles. The van der Waals surface area contributed by atoms with Crippen molar-refractivity contribution in [2.75, 3.05) is 24.4 Å². The van der Waals surface area contributed by atoms with Crippen LogP contribution in [-0.2, 0) is 6.54 Å². The molecule has 150 valence electrons. The van der Waals surface area contributed by atoms with E-state index in [2.05, 4.69) is 36.0 Å². The van der Waals surface area contributed by atoms with Crippen molar-refractivity contribution >= 4 is 22.9 Å². The second-order valence-corrected chi connectivity index (χ2v) is 6.59. The molecular formula is C17H23N7O4. The van der Waals surface area contributed by atoms with E-state index in [4.69, 9.17) is 4.74 Å². The highest BCUT2D eigenvalue weighted by atomic mass is 16.5. The standard InChI is InChI=1S/C17H23N7O4/c1-8(2)10(7-25)19-17-20-15(14-16(21-17)23-24-22-14)18-6-9-4-12(27)13(28-3)5-11(9)26/h4-5,8,10,25-27H,6-7H2,1-3H3,(H3,18,19,20,21,22,23,24). The third-order valence-electron chi connectivity index (χ3n) is 4.33. The number of methoxy groups -OCH3 is 1. The number of aromatic amines is 1. The fourth-order valence-corrected chi connectivity index (χ4v) is 2.61. The molecule has 0 aliphatic rings. The second kappa shape index (κ2) is 8.13. The Morgan fingerprint density at radius 2 is 1.96 bits per heavy atom. The van der Waals surface area contributed by atoms with Gasteiger partial charge in [-0.25, -0.2) is 5.10 Å². The number of aliphatic hydroxyl groups is 1. The van der Waals surface area contributed by atoms with Gasteiger partial charge in [-0.05, 0) is 12.0 Å². The smallest absolute Gasteiger partial charge is 0.227 e. The molecule has 0 fully saturated rings. The number of aromatic nitrogens is 5. The number of hydrogen-bond donors (Lipinski definition) is 6. The van der Waals surface area contributed by atoms with Gasteiger partial charge in [-0.2, -0.15) is 9.97 Å². The Labute approximate surface area is 160 Å². The maximum absolute atomic E-state index is 10.1. The van der Waals surface area contributed by atoms with Gasteiger partial charge < -0.3 is 30.7 Å². The van der Waals surface area contributed by atoms with Crippen molar-refractivity contribution in [2.24, 2.45) is 5.92 Å². The Morgan fingerprint density at radius 1 is 1.18 bits per heavy atom. The van der Waals surface area contributed by atoms with Crippen LogP contribution in [0.4, 0.5) is 11.8 Å². The molecule has 0 saturated carbocycles. The number of rotatable bonds is 8. The lowest BCUT2D eigenvalue weighted by Gasteiger charge is -2.20. The van der Waals surface area contributed by atoms with Crippen molar-refractivity contribution in [2.45, 2.75) is 26.4 Å². The number of nitrogens with zero attached hydrogens (tertiary/aromatic N) is 4. The molecule has 2 aromatic heterocycles. The van der Waals surface area contributed by atoms with E-state index >= 15 is 0 Å². The summed E-state index contributed by atoms with van der Waals surface area (Å²) in [5, 5.41) is 46.1. The van der Waals surface area contributed by atoms with Crippen LogP contribution >= 0.6 is 0 Å². The lowest BCUT2D eigenvalue weighted by Crippen LogP contribution is -2.30. The number of fused-ring (bicyclic) bond motifs is 1. The Balaban J connectivity index is 1.86. The van der Waals surface area contributed by atoms with Gasteiger partial charge in [0.25, 0.3) is 0 Å². The number of phenols is 2. The topological polar surface area (TPSA) is 161 Å². The Morgan fingerprint density at radius 3 is 2.64 bits per heavy atom. The zero-order valence-electron chi connectivity index (χ0n) is 15.8. The van der Waals surface area contributed by atoms with E-state index in [0.29, 0.717) is 28.5 Å². The molecule has 2 heterocycles. The third-order valence-corrected chi connectivity index (χ3v) is 4.33. The van der Waals surface area contributed by atoms with Crippen LogP contribution in [-0.4, -0.2) is 60.5 Å². The zero-order chi connectivity index (χ0) is 20.3. The minimum absolute atomic E-state index is 0.0360. The van der Waals surface area contributed by atoms with E-state index in [9.17, 15) is 15.3 Å². The molecule has 3 rings (SSSR count). The van der Waals surface area contributed by atoms with Crippen LogP contribution in [0.2, 0.25) is 0 Å². The molecule has 0 radical (unpaired) electrons. The van der Waals surface area contributed by atoms with Crippen molar-refractivity contribution in [3.05, 3.63) is 17.7 Å². The van der Waals surface area contributed by atoms with Crippen LogP contribution in [0.25, 0.3) is 11.2 Å². The number of aromatic hydroxyl groups is 2. The van der Waals surface area contributed by atoms with Crippen molar-refractivity contribution in [3.8, 4) is 17.2 Å². The summed E-state index contributed by atoms with van der Waals surface area (Å²) in [4.78, 5) is 8.72. The quantitative estimate of drug-likeness (QED) is 0.309. The highest BCUT2D eigenvalue weighted by molar-refractivity contribution is 5.83.